The van der Waals surface area contributed by atoms with Gasteiger partial charge in [0, 0.05) is 48.2 Å². The minimum Gasteiger partial charge on any atom is -0.490 e. The first-order valence-electron chi connectivity index (χ1n) is 13.8. The Labute approximate surface area is 236 Å². The number of nitrogens with one attached hydrogen (secondary N) is 1. The van der Waals surface area contributed by atoms with Crippen molar-refractivity contribution in [2.24, 2.45) is 5.73 Å². The number of halogens is 1. The van der Waals surface area contributed by atoms with Gasteiger partial charge >= 0.3 is 0 Å². The second-order valence-corrected chi connectivity index (χ2v) is 12.8. The highest BCUT2D eigenvalue weighted by atomic mass is 35.5. The van der Waals surface area contributed by atoms with Gasteiger partial charge in [-0.1, -0.05) is 36.7 Å². The van der Waals surface area contributed by atoms with Crippen molar-refractivity contribution in [3.05, 3.63) is 77.1 Å². The van der Waals surface area contributed by atoms with Gasteiger partial charge in [0.1, 0.15) is 5.75 Å². The van der Waals surface area contributed by atoms with Crippen LogP contribution in [-0.4, -0.2) is 43.4 Å². The fourth-order valence-electron chi connectivity index (χ4n) is 4.98. The van der Waals surface area contributed by atoms with Gasteiger partial charge in [-0.2, -0.15) is 4.31 Å². The summed E-state index contributed by atoms with van der Waals surface area (Å²) in [6.07, 6.45) is 9.69. The first-order chi connectivity index (χ1) is 18.9. The van der Waals surface area contributed by atoms with Crippen LogP contribution in [0.3, 0.4) is 0 Å². The zero-order chi connectivity index (χ0) is 27.5. The van der Waals surface area contributed by atoms with Crippen LogP contribution in [0.1, 0.15) is 56.6 Å². The second-order valence-electron chi connectivity index (χ2n) is 10.4. The number of nitrogens with zero attached hydrogens (tertiary/aromatic N) is 2. The number of sulfonamides is 1. The van der Waals surface area contributed by atoms with Crippen LogP contribution in [0.5, 0.6) is 5.75 Å². The molecule has 2 aliphatic carbocycles. The topological polar surface area (TPSA) is 97.5 Å². The van der Waals surface area contributed by atoms with E-state index in [-0.39, 0.29) is 10.4 Å². The third-order valence-corrected chi connectivity index (χ3v) is 9.91. The molecule has 7 nitrogen and oxygen atoms in total. The number of ether oxygens (including phenoxy) is 1. The molecule has 0 atom stereocenters. The van der Waals surface area contributed by atoms with Crippen LogP contribution in [0.4, 0.5) is 0 Å². The number of unbranched alkanes of at least 4 members (excludes halogenated alkanes) is 1. The van der Waals surface area contributed by atoms with E-state index in [1.54, 1.807) is 18.2 Å². The molecule has 1 aromatic heterocycles. The summed E-state index contributed by atoms with van der Waals surface area (Å²) in [7, 11) is -3.63. The molecule has 0 bridgehead atoms. The van der Waals surface area contributed by atoms with E-state index in [2.05, 4.69) is 22.4 Å². The van der Waals surface area contributed by atoms with E-state index < -0.39 is 10.0 Å². The van der Waals surface area contributed by atoms with Crippen molar-refractivity contribution in [2.45, 2.75) is 68.5 Å². The maximum Gasteiger partial charge on any atom is 0.243 e. The summed E-state index contributed by atoms with van der Waals surface area (Å²) in [4.78, 5) is 4.72. The maximum atomic E-state index is 13.4. The molecule has 3 N–H and O–H groups in total. The smallest absolute Gasteiger partial charge is 0.243 e. The highest BCUT2D eigenvalue weighted by Crippen LogP contribution is 2.50. The van der Waals surface area contributed by atoms with Gasteiger partial charge in [-0.25, -0.2) is 8.42 Å². The normalized spacial score (nSPS) is 16.4. The summed E-state index contributed by atoms with van der Waals surface area (Å²) >= 11 is 6.57. The van der Waals surface area contributed by atoms with E-state index in [0.29, 0.717) is 37.3 Å². The van der Waals surface area contributed by atoms with Gasteiger partial charge in [0.05, 0.1) is 11.0 Å². The molecule has 9 heteroatoms. The molecule has 2 saturated carbocycles. The average Bonchev–Trinajstić information content (AvgIpc) is 3.88. The van der Waals surface area contributed by atoms with Crippen LogP contribution in [-0.2, 0) is 22.1 Å². The minimum atomic E-state index is -3.63. The lowest BCUT2D eigenvalue weighted by atomic mass is 9.94. The Kier molecular flexibility index (Phi) is 8.59. The van der Waals surface area contributed by atoms with Gasteiger partial charge < -0.3 is 15.8 Å². The summed E-state index contributed by atoms with van der Waals surface area (Å²) in [6, 6.07) is 15.2. The molecular formula is C30H37ClN4O3S. The lowest BCUT2D eigenvalue weighted by molar-refractivity contribution is 0.304. The Morgan fingerprint density at radius 1 is 1.13 bits per heavy atom. The molecule has 0 aliphatic heterocycles. The van der Waals surface area contributed by atoms with Crippen molar-refractivity contribution in [3.63, 3.8) is 0 Å². The number of pyridine rings is 1. The molecule has 0 saturated heterocycles. The van der Waals surface area contributed by atoms with Crippen LogP contribution in [0.2, 0.25) is 5.02 Å². The van der Waals surface area contributed by atoms with Gasteiger partial charge in [0.25, 0.3) is 0 Å². The van der Waals surface area contributed by atoms with E-state index in [1.165, 1.54) is 4.31 Å². The molecule has 0 spiro atoms. The van der Waals surface area contributed by atoms with Crippen molar-refractivity contribution in [3.8, 4) is 16.9 Å². The van der Waals surface area contributed by atoms with Gasteiger partial charge in [-0.3, -0.25) is 4.98 Å². The number of rotatable bonds is 14. The average molecular weight is 569 g/mol. The first kappa shape index (κ1) is 28.1. The minimum absolute atomic E-state index is 0.258. The number of nitrogens with two attached hydrogens (primary N) is 1. The SMILES string of the molecule is CCN(CCCCN)S(=O)(=O)c1ccc(Cl)c(CNC2(c3cnccc3-c3ccccc3OC3CC3)CC2)c1. The Morgan fingerprint density at radius 2 is 1.92 bits per heavy atom. The number of hydrogen-bond donors (Lipinski definition) is 2. The zero-order valence-corrected chi connectivity index (χ0v) is 24.0. The molecule has 2 aliphatic rings. The Balaban J connectivity index is 1.37. The summed E-state index contributed by atoms with van der Waals surface area (Å²) in [5.41, 5.74) is 9.38. The Hall–Kier alpha value is -2.49. The predicted octanol–water partition coefficient (Wildman–Crippen LogP) is 5.47. The molecule has 0 amide bonds. The molecule has 0 radical (unpaired) electrons. The Morgan fingerprint density at radius 3 is 2.64 bits per heavy atom. The standard InChI is InChI=1S/C30H37ClN4O3S/c1-2-35(18-6-5-16-32)39(36,37)24-11-12-28(31)22(19-24)20-34-30(14-15-30)27-21-33-17-13-25(27)26-7-3-4-8-29(26)38-23-9-10-23/h3-4,7-8,11-13,17,19,21,23,34H,2,5-6,9-10,14-16,18,20,32H2,1H3. The summed E-state index contributed by atoms with van der Waals surface area (Å²) in [5, 5.41) is 4.24. The number of hydrogen-bond acceptors (Lipinski definition) is 6. The molecule has 39 heavy (non-hydrogen) atoms. The summed E-state index contributed by atoms with van der Waals surface area (Å²) in [6.45, 7) is 3.70. The van der Waals surface area contributed by atoms with Crippen LogP contribution in [0, 0.1) is 0 Å². The van der Waals surface area contributed by atoms with Gasteiger partial charge in [0.2, 0.25) is 10.0 Å². The van der Waals surface area contributed by atoms with Crippen LogP contribution in [0.15, 0.2) is 65.8 Å². The fourth-order valence-corrected chi connectivity index (χ4v) is 6.70. The molecule has 2 aromatic carbocycles. The second kappa shape index (κ2) is 11.9. The molecule has 3 aromatic rings. The Bertz CT molecular complexity index is 1410. The molecule has 0 unspecified atom stereocenters. The predicted molar refractivity (Wildman–Crippen MR) is 155 cm³/mol. The van der Waals surface area contributed by atoms with Crippen molar-refractivity contribution in [1.29, 1.82) is 0 Å². The molecule has 208 valence electrons. The first-order valence-corrected chi connectivity index (χ1v) is 15.6. The van der Waals surface area contributed by atoms with Gasteiger partial charge in [0.15, 0.2) is 0 Å². The van der Waals surface area contributed by atoms with Crippen molar-refractivity contribution in [1.82, 2.24) is 14.6 Å². The fraction of sp³-hybridized carbons (Fsp3) is 0.433. The van der Waals surface area contributed by atoms with Crippen molar-refractivity contribution in [2.75, 3.05) is 19.6 Å². The maximum absolute atomic E-state index is 13.4. The number of benzene rings is 2. The molecule has 1 heterocycles. The zero-order valence-electron chi connectivity index (χ0n) is 22.4. The van der Waals surface area contributed by atoms with Crippen molar-refractivity contribution >= 4 is 21.6 Å². The monoisotopic (exact) mass is 568 g/mol. The van der Waals surface area contributed by atoms with Gasteiger partial charge in [-0.05, 0) is 92.1 Å². The summed E-state index contributed by atoms with van der Waals surface area (Å²) in [5.74, 6) is 0.899. The van der Waals surface area contributed by atoms with E-state index in [0.717, 1.165) is 66.5 Å². The van der Waals surface area contributed by atoms with Crippen LogP contribution >= 0.6 is 11.6 Å². The van der Waals surface area contributed by atoms with E-state index in [4.69, 9.17) is 22.1 Å². The van der Waals surface area contributed by atoms with Crippen LogP contribution in [0.25, 0.3) is 11.1 Å². The van der Waals surface area contributed by atoms with E-state index in [1.807, 2.05) is 37.5 Å². The molecular weight excluding hydrogens is 532 g/mol. The third kappa shape index (κ3) is 6.31. The molecule has 5 rings (SSSR count). The van der Waals surface area contributed by atoms with Crippen molar-refractivity contribution < 1.29 is 13.2 Å². The number of para-hydroxylation sites is 1. The highest BCUT2D eigenvalue weighted by molar-refractivity contribution is 7.89. The number of aromatic nitrogens is 1. The quantitative estimate of drug-likeness (QED) is 0.250. The van der Waals surface area contributed by atoms with Gasteiger partial charge in [-0.15, -0.1) is 0 Å². The lowest BCUT2D eigenvalue weighted by Crippen LogP contribution is -2.32. The molecule has 2 fully saturated rings. The van der Waals surface area contributed by atoms with E-state index >= 15 is 0 Å². The highest BCUT2D eigenvalue weighted by Gasteiger charge is 2.46. The lowest BCUT2D eigenvalue weighted by Gasteiger charge is -2.23. The summed E-state index contributed by atoms with van der Waals surface area (Å²) < 4.78 is 34.5. The largest absolute Gasteiger partial charge is 0.490 e. The van der Waals surface area contributed by atoms with Crippen LogP contribution < -0.4 is 15.8 Å². The third-order valence-electron chi connectivity index (χ3n) is 7.57. The van der Waals surface area contributed by atoms with E-state index in [9.17, 15) is 8.42 Å².